The summed E-state index contributed by atoms with van der Waals surface area (Å²) in [6, 6.07) is 22.1. The van der Waals surface area contributed by atoms with Gasteiger partial charge in [-0.15, -0.1) is 0 Å². The van der Waals surface area contributed by atoms with Gasteiger partial charge in [-0.3, -0.25) is 9.59 Å². The molecule has 0 spiro atoms. The van der Waals surface area contributed by atoms with E-state index in [0.29, 0.717) is 11.3 Å². The van der Waals surface area contributed by atoms with Crippen LogP contribution in [0.4, 0.5) is 0 Å². The Morgan fingerprint density at radius 1 is 0.889 bits per heavy atom. The monoisotopic (exact) mass is 483 g/mol. The molecule has 1 aliphatic heterocycles. The summed E-state index contributed by atoms with van der Waals surface area (Å²) in [6.45, 7) is 8.69. The summed E-state index contributed by atoms with van der Waals surface area (Å²) in [5.41, 5.74) is 4.51. The van der Waals surface area contributed by atoms with E-state index in [1.165, 1.54) is 0 Å². The minimum Gasteiger partial charge on any atom is -0.507 e. The smallest absolute Gasteiger partial charge is 0.295 e. The lowest BCUT2D eigenvalue weighted by molar-refractivity contribution is -0.140. The van der Waals surface area contributed by atoms with E-state index in [9.17, 15) is 14.7 Å². The van der Waals surface area contributed by atoms with Gasteiger partial charge in [0.1, 0.15) is 11.5 Å². The lowest BCUT2D eigenvalue weighted by Gasteiger charge is -2.26. The Labute approximate surface area is 213 Å². The Morgan fingerprint density at radius 2 is 1.47 bits per heavy atom. The van der Waals surface area contributed by atoms with E-state index >= 15 is 0 Å². The second kappa shape index (κ2) is 10.0. The molecule has 5 heteroatoms. The number of aliphatic hydroxyl groups excluding tert-OH is 1. The van der Waals surface area contributed by atoms with Gasteiger partial charge < -0.3 is 14.7 Å². The number of hydrogen-bond donors (Lipinski definition) is 1. The highest BCUT2D eigenvalue weighted by Gasteiger charge is 2.46. The summed E-state index contributed by atoms with van der Waals surface area (Å²) >= 11 is 0. The third-order valence-electron chi connectivity index (χ3n) is 6.78. The summed E-state index contributed by atoms with van der Waals surface area (Å²) in [4.78, 5) is 28.2. The molecule has 186 valence electrons. The van der Waals surface area contributed by atoms with Gasteiger partial charge in [-0.1, -0.05) is 88.4 Å². The first-order valence-corrected chi connectivity index (χ1v) is 12.2. The maximum absolute atomic E-state index is 13.3. The van der Waals surface area contributed by atoms with Crippen molar-refractivity contribution in [3.8, 4) is 5.75 Å². The molecule has 1 fully saturated rings. The summed E-state index contributed by atoms with van der Waals surface area (Å²) in [5, 5.41) is 11.3. The van der Waals surface area contributed by atoms with Crippen molar-refractivity contribution in [2.75, 3.05) is 7.11 Å². The fourth-order valence-corrected chi connectivity index (χ4v) is 4.54. The molecule has 4 rings (SSSR count). The lowest BCUT2D eigenvalue weighted by atomic mass is 9.85. The number of ether oxygens (including phenoxy) is 1. The van der Waals surface area contributed by atoms with Gasteiger partial charge in [0.25, 0.3) is 11.7 Å². The minimum atomic E-state index is -0.702. The molecule has 1 atom stereocenters. The first kappa shape index (κ1) is 25.2. The average molecular weight is 484 g/mol. The number of aryl methyl sites for hydroxylation is 1. The number of likely N-dealkylation sites (tertiary alicyclic amines) is 1. The van der Waals surface area contributed by atoms with Crippen LogP contribution in [-0.4, -0.2) is 28.8 Å². The molecule has 3 aromatic rings. The van der Waals surface area contributed by atoms with Gasteiger partial charge in [0.2, 0.25) is 0 Å². The second-order valence-corrected chi connectivity index (χ2v) is 10.2. The normalized spacial score (nSPS) is 17.5. The zero-order valence-corrected chi connectivity index (χ0v) is 21.5. The van der Waals surface area contributed by atoms with Crippen molar-refractivity contribution < 1.29 is 19.4 Å². The Balaban J connectivity index is 1.82. The predicted molar refractivity (Wildman–Crippen MR) is 142 cm³/mol. The van der Waals surface area contributed by atoms with E-state index in [1.54, 1.807) is 24.1 Å². The van der Waals surface area contributed by atoms with Gasteiger partial charge in [0.05, 0.1) is 18.7 Å². The number of aliphatic hydroxyl groups is 1. The molecule has 0 aliphatic carbocycles. The summed E-state index contributed by atoms with van der Waals surface area (Å²) in [5.74, 6) is -0.739. The number of carbonyl (C=O) groups excluding carboxylic acids is 2. The highest BCUT2D eigenvalue weighted by molar-refractivity contribution is 6.46. The van der Waals surface area contributed by atoms with Crippen molar-refractivity contribution in [1.82, 2.24) is 4.90 Å². The highest BCUT2D eigenvalue weighted by atomic mass is 16.5. The molecule has 1 N–H and O–H groups in total. The van der Waals surface area contributed by atoms with Crippen molar-refractivity contribution in [2.45, 2.75) is 52.1 Å². The molecule has 0 aromatic heterocycles. The third kappa shape index (κ3) is 4.92. The average Bonchev–Trinajstić information content (AvgIpc) is 3.13. The second-order valence-electron chi connectivity index (χ2n) is 10.2. The maximum Gasteiger partial charge on any atom is 0.295 e. The van der Waals surface area contributed by atoms with Crippen LogP contribution < -0.4 is 4.74 Å². The molecule has 1 heterocycles. The Kier molecular flexibility index (Phi) is 7.02. The van der Waals surface area contributed by atoms with Crippen molar-refractivity contribution in [3.05, 3.63) is 106 Å². The van der Waals surface area contributed by atoms with E-state index in [1.807, 2.05) is 60.7 Å². The number of benzene rings is 3. The first-order chi connectivity index (χ1) is 17.1. The van der Waals surface area contributed by atoms with Gasteiger partial charge in [-0.2, -0.15) is 0 Å². The zero-order chi connectivity index (χ0) is 26.0. The molecule has 5 nitrogen and oxygen atoms in total. The molecule has 0 saturated carbocycles. The number of rotatable bonds is 6. The quantitative estimate of drug-likeness (QED) is 0.258. The molecule has 1 unspecified atom stereocenters. The summed E-state index contributed by atoms with van der Waals surface area (Å²) in [6.07, 6.45) is 0.868. The zero-order valence-electron chi connectivity index (χ0n) is 21.5. The molecule has 1 saturated heterocycles. The number of methoxy groups -OCH3 is 1. The largest absolute Gasteiger partial charge is 0.507 e. The van der Waals surface area contributed by atoms with Gasteiger partial charge in [-0.05, 0) is 46.2 Å². The molecule has 3 aromatic carbocycles. The number of hydrogen-bond acceptors (Lipinski definition) is 4. The number of amides is 1. The molecule has 0 bridgehead atoms. The van der Waals surface area contributed by atoms with Crippen LogP contribution in [0.3, 0.4) is 0 Å². The molecular formula is C31H33NO4. The van der Waals surface area contributed by atoms with E-state index < -0.39 is 17.7 Å². The summed E-state index contributed by atoms with van der Waals surface area (Å²) < 4.78 is 5.25. The van der Waals surface area contributed by atoms with Gasteiger partial charge in [0, 0.05) is 12.1 Å². The molecular weight excluding hydrogens is 450 g/mol. The molecule has 1 amide bonds. The Morgan fingerprint density at radius 3 is 2.00 bits per heavy atom. The lowest BCUT2D eigenvalue weighted by Crippen LogP contribution is -2.29. The van der Waals surface area contributed by atoms with Crippen LogP contribution in [0.5, 0.6) is 5.75 Å². The number of nitrogens with zero attached hydrogens (tertiary/aromatic N) is 1. The van der Waals surface area contributed by atoms with Crippen LogP contribution in [0.25, 0.3) is 5.76 Å². The van der Waals surface area contributed by atoms with Gasteiger partial charge in [0.15, 0.2) is 0 Å². The fourth-order valence-electron chi connectivity index (χ4n) is 4.54. The SMILES string of the molecule is CCc1ccc(/C(O)=C2/C(=O)C(=O)N(Cc3ccc(OC)cc3)C2c2ccc(C(C)(C)C)cc2)cc1. The fraction of sp³-hybridized carbons (Fsp3) is 0.290. The van der Waals surface area contributed by atoms with Gasteiger partial charge >= 0.3 is 0 Å². The Bertz CT molecular complexity index is 1280. The van der Waals surface area contributed by atoms with Crippen LogP contribution in [0.2, 0.25) is 0 Å². The number of ketones is 1. The van der Waals surface area contributed by atoms with Crippen LogP contribution in [-0.2, 0) is 28.0 Å². The maximum atomic E-state index is 13.3. The third-order valence-corrected chi connectivity index (χ3v) is 6.78. The van der Waals surface area contributed by atoms with Crippen molar-refractivity contribution in [3.63, 3.8) is 0 Å². The van der Waals surface area contributed by atoms with Gasteiger partial charge in [-0.25, -0.2) is 0 Å². The first-order valence-electron chi connectivity index (χ1n) is 12.2. The van der Waals surface area contributed by atoms with Crippen LogP contribution in [0.1, 0.15) is 61.6 Å². The van der Waals surface area contributed by atoms with Crippen LogP contribution >= 0.6 is 0 Å². The van der Waals surface area contributed by atoms with E-state index in [2.05, 4.69) is 27.7 Å². The number of carbonyl (C=O) groups is 2. The van der Waals surface area contributed by atoms with Crippen LogP contribution in [0, 0.1) is 0 Å². The Hall–Kier alpha value is -3.86. The minimum absolute atomic E-state index is 0.0372. The number of Topliss-reactive ketones (excluding diaryl/α,β-unsaturated/α-hetero) is 1. The molecule has 1 aliphatic rings. The van der Waals surface area contributed by atoms with Crippen molar-refractivity contribution >= 4 is 17.4 Å². The van der Waals surface area contributed by atoms with Crippen LogP contribution in [0.15, 0.2) is 78.4 Å². The van der Waals surface area contributed by atoms with Crippen molar-refractivity contribution in [2.24, 2.45) is 0 Å². The standard InChI is InChI=1S/C31H33NO4/c1-6-20-7-11-23(12-8-20)28(33)26-27(22-13-15-24(16-14-22)31(2,3)4)32(30(35)29(26)34)19-21-9-17-25(36-5)18-10-21/h7-18,27,33H,6,19H2,1-5H3/b28-26-. The molecule has 36 heavy (non-hydrogen) atoms. The van der Waals surface area contributed by atoms with E-state index in [-0.39, 0.29) is 23.3 Å². The topological polar surface area (TPSA) is 66.8 Å². The molecule has 0 radical (unpaired) electrons. The van der Waals surface area contributed by atoms with E-state index in [0.717, 1.165) is 28.7 Å². The highest BCUT2D eigenvalue weighted by Crippen LogP contribution is 2.41. The predicted octanol–water partition coefficient (Wildman–Crippen LogP) is 6.18. The van der Waals surface area contributed by atoms with Crippen molar-refractivity contribution in [1.29, 1.82) is 0 Å². The summed E-state index contributed by atoms with van der Waals surface area (Å²) in [7, 11) is 1.60. The van der Waals surface area contributed by atoms with E-state index in [4.69, 9.17) is 4.74 Å².